The Morgan fingerprint density at radius 3 is 2.59 bits per heavy atom. The number of nitrogens with zero attached hydrogens (tertiary/aromatic N) is 3. The van der Waals surface area contributed by atoms with Crippen LogP contribution in [0.5, 0.6) is 11.5 Å². The highest BCUT2D eigenvalue weighted by Gasteiger charge is 2.18. The van der Waals surface area contributed by atoms with E-state index in [1.807, 2.05) is 12.1 Å². The number of piperazine rings is 1. The summed E-state index contributed by atoms with van der Waals surface area (Å²) in [4.78, 5) is 6.93. The molecule has 154 valence electrons. The molecule has 0 spiro atoms. The van der Waals surface area contributed by atoms with E-state index < -0.39 is 6.10 Å². The Hall–Kier alpha value is -1.34. The number of β-amino-alcohol motifs (C(OH)–C–C–N with tert-alkyl or cyclic N) is 1. The van der Waals surface area contributed by atoms with Crippen molar-refractivity contribution in [2.75, 3.05) is 67.1 Å². The Kier molecular flexibility index (Phi) is 9.34. The van der Waals surface area contributed by atoms with Gasteiger partial charge in [-0.2, -0.15) is 0 Å². The minimum Gasteiger partial charge on any atom is -0.493 e. The molecule has 1 aliphatic rings. The van der Waals surface area contributed by atoms with Gasteiger partial charge in [0.05, 0.1) is 7.11 Å². The first-order valence-corrected chi connectivity index (χ1v) is 10.1. The molecule has 2 rings (SSSR count). The van der Waals surface area contributed by atoms with Crippen LogP contribution in [0.2, 0.25) is 0 Å². The van der Waals surface area contributed by atoms with Crippen LogP contribution in [0, 0.1) is 0 Å². The smallest absolute Gasteiger partial charge is 0.161 e. The molecule has 0 saturated carbocycles. The molecule has 27 heavy (non-hydrogen) atoms. The second-order valence-electron chi connectivity index (χ2n) is 7.65. The Labute approximate surface area is 164 Å². The Balaban J connectivity index is 1.86. The van der Waals surface area contributed by atoms with Gasteiger partial charge in [-0.15, -0.1) is 0 Å². The quantitative estimate of drug-likeness (QED) is 0.634. The van der Waals surface area contributed by atoms with Crippen LogP contribution < -0.4 is 9.47 Å². The van der Waals surface area contributed by atoms with Crippen molar-refractivity contribution in [3.05, 3.63) is 23.8 Å². The number of methoxy groups -OCH3 is 1. The van der Waals surface area contributed by atoms with Crippen LogP contribution in [0.15, 0.2) is 18.2 Å². The summed E-state index contributed by atoms with van der Waals surface area (Å²) in [5.74, 6) is 1.41. The largest absolute Gasteiger partial charge is 0.493 e. The minimum absolute atomic E-state index is 0.276. The van der Waals surface area contributed by atoms with Crippen LogP contribution in [0.25, 0.3) is 0 Å². The first-order chi connectivity index (χ1) is 13.0. The van der Waals surface area contributed by atoms with Gasteiger partial charge in [-0.1, -0.05) is 19.4 Å². The molecule has 0 amide bonds. The Morgan fingerprint density at radius 1 is 1.19 bits per heavy atom. The predicted molar refractivity (Wildman–Crippen MR) is 110 cm³/mol. The van der Waals surface area contributed by atoms with Crippen LogP contribution in [-0.4, -0.2) is 93.0 Å². The Morgan fingerprint density at radius 2 is 1.93 bits per heavy atom. The van der Waals surface area contributed by atoms with Gasteiger partial charge in [0, 0.05) is 39.3 Å². The van der Waals surface area contributed by atoms with Crippen molar-refractivity contribution in [3.63, 3.8) is 0 Å². The lowest BCUT2D eigenvalue weighted by atomic mass is 10.2. The van der Waals surface area contributed by atoms with Crippen molar-refractivity contribution in [2.45, 2.75) is 32.4 Å². The van der Waals surface area contributed by atoms with Gasteiger partial charge in [0.1, 0.15) is 12.7 Å². The van der Waals surface area contributed by atoms with E-state index in [4.69, 9.17) is 9.47 Å². The summed E-state index contributed by atoms with van der Waals surface area (Å²) in [7, 11) is 5.92. The molecule has 1 heterocycles. The highest BCUT2D eigenvalue weighted by Crippen LogP contribution is 2.28. The van der Waals surface area contributed by atoms with Crippen LogP contribution in [0.1, 0.15) is 25.3 Å². The molecule has 1 fully saturated rings. The maximum atomic E-state index is 10.4. The van der Waals surface area contributed by atoms with E-state index in [0.717, 1.165) is 39.3 Å². The lowest BCUT2D eigenvalue weighted by Gasteiger charge is -2.33. The number of unbranched alkanes of at least 4 members (excludes halogenated alkanes) is 1. The molecule has 0 aliphatic carbocycles. The molecule has 1 aliphatic heterocycles. The van der Waals surface area contributed by atoms with Crippen LogP contribution >= 0.6 is 0 Å². The Bertz CT molecular complexity index is 547. The number of aliphatic hydroxyl groups excluding tert-OH is 1. The van der Waals surface area contributed by atoms with E-state index in [0.29, 0.717) is 18.0 Å². The van der Waals surface area contributed by atoms with Gasteiger partial charge in [-0.05, 0) is 44.8 Å². The molecule has 0 unspecified atom stereocenters. The highest BCUT2D eigenvalue weighted by atomic mass is 16.5. The number of aliphatic hydroxyl groups is 1. The fourth-order valence-electron chi connectivity index (χ4n) is 3.32. The van der Waals surface area contributed by atoms with Gasteiger partial charge in [0.2, 0.25) is 0 Å². The molecule has 1 atom stereocenters. The second kappa shape index (κ2) is 11.5. The van der Waals surface area contributed by atoms with Gasteiger partial charge in [-0.3, -0.25) is 4.90 Å². The van der Waals surface area contributed by atoms with Crippen molar-refractivity contribution in [1.82, 2.24) is 14.7 Å². The summed E-state index contributed by atoms with van der Waals surface area (Å²) in [6.07, 6.45) is 1.90. The van der Waals surface area contributed by atoms with E-state index in [-0.39, 0.29) is 6.61 Å². The van der Waals surface area contributed by atoms with E-state index >= 15 is 0 Å². The third kappa shape index (κ3) is 7.66. The van der Waals surface area contributed by atoms with Gasteiger partial charge in [0.15, 0.2) is 11.5 Å². The topological polar surface area (TPSA) is 48.4 Å². The summed E-state index contributed by atoms with van der Waals surface area (Å²) in [5.41, 5.74) is 1.19. The van der Waals surface area contributed by atoms with Crippen molar-refractivity contribution in [2.24, 2.45) is 0 Å². The van der Waals surface area contributed by atoms with E-state index in [1.54, 1.807) is 7.11 Å². The maximum Gasteiger partial charge on any atom is 0.161 e. The van der Waals surface area contributed by atoms with Gasteiger partial charge >= 0.3 is 0 Å². The zero-order valence-electron chi connectivity index (χ0n) is 17.5. The van der Waals surface area contributed by atoms with Gasteiger partial charge in [0.25, 0.3) is 0 Å². The summed E-state index contributed by atoms with van der Waals surface area (Å²) in [6.45, 7) is 9.19. The number of likely N-dealkylation sites (N-methyl/N-ethyl adjacent to an activating group) is 1. The van der Waals surface area contributed by atoms with E-state index in [1.165, 1.54) is 18.4 Å². The molecule has 1 aromatic carbocycles. The zero-order chi connectivity index (χ0) is 19.6. The number of hydrogen-bond acceptors (Lipinski definition) is 6. The fourth-order valence-corrected chi connectivity index (χ4v) is 3.32. The number of hydrogen-bond donors (Lipinski definition) is 1. The average Bonchev–Trinajstić information content (AvgIpc) is 2.66. The van der Waals surface area contributed by atoms with Crippen LogP contribution in [0.4, 0.5) is 0 Å². The maximum absolute atomic E-state index is 10.4. The van der Waals surface area contributed by atoms with Gasteiger partial charge < -0.3 is 24.4 Å². The number of ether oxygens (including phenoxy) is 2. The van der Waals surface area contributed by atoms with Crippen molar-refractivity contribution in [1.29, 1.82) is 0 Å². The third-order valence-electron chi connectivity index (χ3n) is 5.07. The summed E-state index contributed by atoms with van der Waals surface area (Å²) >= 11 is 0. The van der Waals surface area contributed by atoms with Gasteiger partial charge in [-0.25, -0.2) is 0 Å². The molecule has 1 aromatic rings. The van der Waals surface area contributed by atoms with Crippen molar-refractivity contribution >= 4 is 0 Å². The predicted octanol–water partition coefficient (Wildman–Crippen LogP) is 1.91. The standard InChI is InChI=1S/C21H37N3O3/c1-5-6-9-23(3)15-18-7-8-20(26-4)21(14-18)27-17-19(25)16-24-12-10-22(2)11-13-24/h7-8,14,19,25H,5-6,9-13,15-17H2,1-4H3/t19-/m0/s1. The molecule has 6 nitrogen and oxygen atoms in total. The average molecular weight is 380 g/mol. The summed E-state index contributed by atoms with van der Waals surface area (Å²) in [6, 6.07) is 6.06. The molecule has 0 aromatic heterocycles. The number of rotatable bonds is 11. The summed E-state index contributed by atoms with van der Waals surface area (Å²) < 4.78 is 11.4. The fraction of sp³-hybridized carbons (Fsp3) is 0.714. The van der Waals surface area contributed by atoms with Crippen molar-refractivity contribution < 1.29 is 14.6 Å². The zero-order valence-corrected chi connectivity index (χ0v) is 17.5. The molecular weight excluding hydrogens is 342 g/mol. The third-order valence-corrected chi connectivity index (χ3v) is 5.07. The minimum atomic E-state index is -0.506. The lowest BCUT2D eigenvalue weighted by molar-refractivity contribution is 0.0497. The molecule has 0 bridgehead atoms. The molecule has 6 heteroatoms. The number of benzene rings is 1. The molecule has 0 radical (unpaired) electrons. The molecule has 1 N–H and O–H groups in total. The monoisotopic (exact) mass is 379 g/mol. The molecule has 1 saturated heterocycles. The van der Waals surface area contributed by atoms with E-state index in [9.17, 15) is 5.11 Å². The summed E-state index contributed by atoms with van der Waals surface area (Å²) in [5, 5.41) is 10.4. The van der Waals surface area contributed by atoms with Crippen LogP contribution in [-0.2, 0) is 6.54 Å². The van der Waals surface area contributed by atoms with Crippen molar-refractivity contribution in [3.8, 4) is 11.5 Å². The second-order valence-corrected chi connectivity index (χ2v) is 7.65. The first kappa shape index (κ1) is 22.0. The normalized spacial score (nSPS) is 17.3. The highest BCUT2D eigenvalue weighted by molar-refractivity contribution is 5.43. The SMILES string of the molecule is CCCCN(C)Cc1ccc(OC)c(OC[C@@H](O)CN2CCN(C)CC2)c1. The van der Waals surface area contributed by atoms with E-state index in [2.05, 4.69) is 41.8 Å². The lowest BCUT2D eigenvalue weighted by Crippen LogP contribution is -2.47. The molecular formula is C21H37N3O3. The first-order valence-electron chi connectivity index (χ1n) is 10.1. The van der Waals surface area contributed by atoms with Crippen LogP contribution in [0.3, 0.4) is 0 Å².